The van der Waals surface area contributed by atoms with Gasteiger partial charge in [-0.3, -0.25) is 19.9 Å². The van der Waals surface area contributed by atoms with Crippen LogP contribution in [-0.4, -0.2) is 43.9 Å². The molecule has 2 aromatic heterocycles. The Labute approximate surface area is 183 Å². The van der Waals surface area contributed by atoms with E-state index in [1.165, 1.54) is 0 Å². The lowest BCUT2D eigenvalue weighted by molar-refractivity contribution is -0.383. The molecule has 0 spiro atoms. The molecule has 4 rings (SSSR count). The number of thioether (sulfide) groups is 1. The van der Waals surface area contributed by atoms with Gasteiger partial charge in [0, 0.05) is 36.1 Å². The van der Waals surface area contributed by atoms with Crippen LogP contribution in [0.1, 0.15) is 32.0 Å². The molecule has 0 amide bonds. The summed E-state index contributed by atoms with van der Waals surface area (Å²) in [6.45, 7) is 6.23. The number of hydrogen-bond donors (Lipinski definition) is 1. The van der Waals surface area contributed by atoms with Crippen molar-refractivity contribution in [1.82, 2.24) is 9.55 Å². The van der Waals surface area contributed by atoms with E-state index >= 15 is 0 Å². The number of nitrogens with one attached hydrogen (secondary N) is 1. The second-order valence-corrected chi connectivity index (χ2v) is 9.63. The first-order valence-corrected chi connectivity index (χ1v) is 11.0. The Morgan fingerprint density at radius 2 is 2.06 bits per heavy atom. The highest BCUT2D eigenvalue weighted by Gasteiger charge is 2.27. The molecule has 0 bridgehead atoms. The van der Waals surface area contributed by atoms with Crippen LogP contribution in [0.5, 0.6) is 0 Å². The van der Waals surface area contributed by atoms with E-state index in [1.807, 2.05) is 62.0 Å². The standard InChI is InChI=1S/C22H24N4O4S/c1-22(2,3)21(27)30-12-16-13-31-20(23-16)17-10-15-8-14(11-25-6-4-5-7-25)9-18(26(28)29)19(15)24-17/h4-10,16,24H,11-13H2,1-3H3. The predicted octanol–water partition coefficient (Wildman–Crippen LogP) is 4.38. The van der Waals surface area contributed by atoms with Crippen LogP contribution in [-0.2, 0) is 16.1 Å². The normalized spacial score (nSPS) is 16.5. The van der Waals surface area contributed by atoms with Crippen molar-refractivity contribution in [3.05, 3.63) is 64.1 Å². The number of nitro groups is 1. The molecule has 31 heavy (non-hydrogen) atoms. The number of aromatic amines is 1. The number of hydrogen-bond acceptors (Lipinski definition) is 6. The molecule has 9 heteroatoms. The van der Waals surface area contributed by atoms with E-state index in [-0.39, 0.29) is 29.2 Å². The summed E-state index contributed by atoms with van der Waals surface area (Å²) in [6, 6.07) is 9.19. The number of non-ortho nitro benzene ring substituents is 1. The number of aliphatic imine (C=N–C) groups is 1. The maximum atomic E-state index is 12.0. The molecule has 1 atom stereocenters. The Balaban J connectivity index is 1.58. The number of aromatic nitrogens is 2. The molecule has 0 aliphatic carbocycles. The van der Waals surface area contributed by atoms with Crippen LogP contribution in [0.15, 0.2) is 47.7 Å². The summed E-state index contributed by atoms with van der Waals surface area (Å²) in [5.74, 6) is 0.445. The van der Waals surface area contributed by atoms with E-state index in [9.17, 15) is 14.9 Å². The van der Waals surface area contributed by atoms with Gasteiger partial charge in [-0.1, -0.05) is 0 Å². The summed E-state index contributed by atoms with van der Waals surface area (Å²) in [5, 5.41) is 13.2. The number of benzene rings is 1. The van der Waals surface area contributed by atoms with Crippen molar-refractivity contribution >= 4 is 39.4 Å². The van der Waals surface area contributed by atoms with Crippen molar-refractivity contribution in [1.29, 1.82) is 0 Å². The Hall–Kier alpha value is -3.07. The zero-order valence-electron chi connectivity index (χ0n) is 17.6. The summed E-state index contributed by atoms with van der Waals surface area (Å²) < 4.78 is 7.36. The molecule has 1 aliphatic heterocycles. The first kappa shape index (κ1) is 21.2. The summed E-state index contributed by atoms with van der Waals surface area (Å²) in [4.78, 5) is 31.1. The molecule has 0 saturated heterocycles. The highest BCUT2D eigenvalue weighted by Crippen LogP contribution is 2.31. The van der Waals surface area contributed by atoms with Crippen molar-refractivity contribution in [2.24, 2.45) is 10.4 Å². The molecule has 0 saturated carbocycles. The molecule has 1 N–H and O–H groups in total. The van der Waals surface area contributed by atoms with Gasteiger partial charge in [0.15, 0.2) is 0 Å². The van der Waals surface area contributed by atoms with E-state index in [2.05, 4.69) is 9.98 Å². The van der Waals surface area contributed by atoms with Crippen LogP contribution in [0.3, 0.4) is 0 Å². The molecule has 162 valence electrons. The van der Waals surface area contributed by atoms with Gasteiger partial charge in [-0.2, -0.15) is 0 Å². The number of nitro benzene ring substituents is 1. The molecule has 1 aliphatic rings. The van der Waals surface area contributed by atoms with Crippen molar-refractivity contribution in [3.8, 4) is 0 Å². The quantitative estimate of drug-likeness (QED) is 0.348. The SMILES string of the molecule is CC(C)(C)C(=O)OCC1CSC(c2cc3cc(Cn4cccc4)cc([N+](=O)[O-])c3[nH]2)=N1. The fraction of sp³-hybridized carbons (Fsp3) is 0.364. The largest absolute Gasteiger partial charge is 0.463 e. The minimum Gasteiger partial charge on any atom is -0.463 e. The van der Waals surface area contributed by atoms with Crippen molar-refractivity contribution < 1.29 is 14.5 Å². The fourth-order valence-corrected chi connectivity index (χ4v) is 4.37. The third-order valence-electron chi connectivity index (χ3n) is 4.96. The van der Waals surface area contributed by atoms with Crippen LogP contribution in [0.25, 0.3) is 10.9 Å². The van der Waals surface area contributed by atoms with Crippen LogP contribution in [0.2, 0.25) is 0 Å². The Bertz CT molecular complexity index is 1160. The van der Waals surface area contributed by atoms with Crippen molar-refractivity contribution in [2.45, 2.75) is 33.4 Å². The minimum absolute atomic E-state index is 0.0464. The minimum atomic E-state index is -0.549. The van der Waals surface area contributed by atoms with Gasteiger partial charge in [-0.05, 0) is 50.6 Å². The van der Waals surface area contributed by atoms with E-state index < -0.39 is 5.41 Å². The van der Waals surface area contributed by atoms with Crippen molar-refractivity contribution in [3.63, 3.8) is 0 Å². The highest BCUT2D eigenvalue weighted by atomic mass is 32.2. The smallest absolute Gasteiger partial charge is 0.311 e. The number of carbonyl (C=O) groups excluding carboxylic acids is 1. The molecule has 3 heterocycles. The van der Waals surface area contributed by atoms with Gasteiger partial charge in [-0.15, -0.1) is 11.8 Å². The average Bonchev–Trinajstić information content (AvgIpc) is 3.44. The predicted molar refractivity (Wildman–Crippen MR) is 122 cm³/mol. The maximum absolute atomic E-state index is 12.0. The van der Waals surface area contributed by atoms with Gasteiger partial charge in [0.1, 0.15) is 17.2 Å². The zero-order chi connectivity index (χ0) is 22.2. The van der Waals surface area contributed by atoms with Crippen LogP contribution in [0.4, 0.5) is 5.69 Å². The second-order valence-electron chi connectivity index (χ2n) is 8.62. The number of H-pyrrole nitrogens is 1. The molecule has 0 fully saturated rings. The highest BCUT2D eigenvalue weighted by molar-refractivity contribution is 8.14. The third-order valence-corrected chi connectivity index (χ3v) is 6.11. The molecular weight excluding hydrogens is 416 g/mol. The number of fused-ring (bicyclic) bond motifs is 1. The maximum Gasteiger partial charge on any atom is 0.311 e. The fourth-order valence-electron chi connectivity index (χ4n) is 3.36. The second kappa shape index (κ2) is 8.22. The zero-order valence-corrected chi connectivity index (χ0v) is 18.4. The molecule has 8 nitrogen and oxygen atoms in total. The van der Waals surface area contributed by atoms with Gasteiger partial charge in [-0.25, -0.2) is 0 Å². The van der Waals surface area contributed by atoms with Crippen molar-refractivity contribution in [2.75, 3.05) is 12.4 Å². The van der Waals surface area contributed by atoms with Crippen LogP contribution < -0.4 is 0 Å². The Kier molecular flexibility index (Phi) is 5.62. The summed E-state index contributed by atoms with van der Waals surface area (Å²) in [7, 11) is 0. The number of carbonyl (C=O) groups is 1. The number of esters is 1. The van der Waals surface area contributed by atoms with Gasteiger partial charge in [0.05, 0.1) is 22.1 Å². The van der Waals surface area contributed by atoms with E-state index in [1.54, 1.807) is 17.8 Å². The van der Waals surface area contributed by atoms with Crippen LogP contribution in [0, 0.1) is 15.5 Å². The van der Waals surface area contributed by atoms with Gasteiger partial charge in [0.2, 0.25) is 0 Å². The van der Waals surface area contributed by atoms with E-state index in [4.69, 9.17) is 4.74 Å². The van der Waals surface area contributed by atoms with Gasteiger partial charge >= 0.3 is 5.97 Å². The van der Waals surface area contributed by atoms with E-state index in [0.717, 1.165) is 21.7 Å². The number of rotatable bonds is 6. The lowest BCUT2D eigenvalue weighted by Gasteiger charge is -2.17. The number of ether oxygens (including phenoxy) is 1. The molecular formula is C22H24N4O4S. The lowest BCUT2D eigenvalue weighted by atomic mass is 9.97. The monoisotopic (exact) mass is 440 g/mol. The lowest BCUT2D eigenvalue weighted by Crippen LogP contribution is -2.26. The van der Waals surface area contributed by atoms with Crippen LogP contribution >= 0.6 is 11.8 Å². The first-order valence-electron chi connectivity index (χ1n) is 10.00. The Morgan fingerprint density at radius 1 is 1.32 bits per heavy atom. The number of nitrogens with zero attached hydrogens (tertiary/aromatic N) is 3. The van der Waals surface area contributed by atoms with E-state index in [0.29, 0.717) is 17.8 Å². The third kappa shape index (κ3) is 4.66. The molecule has 3 aromatic rings. The average molecular weight is 441 g/mol. The Morgan fingerprint density at radius 3 is 2.74 bits per heavy atom. The van der Waals surface area contributed by atoms with Gasteiger partial charge < -0.3 is 14.3 Å². The first-order chi connectivity index (χ1) is 14.7. The molecule has 1 aromatic carbocycles. The van der Waals surface area contributed by atoms with Gasteiger partial charge in [0.25, 0.3) is 5.69 Å². The summed E-state index contributed by atoms with van der Waals surface area (Å²) in [6.07, 6.45) is 3.85. The topological polar surface area (TPSA) is 103 Å². The summed E-state index contributed by atoms with van der Waals surface area (Å²) >= 11 is 1.55. The summed E-state index contributed by atoms with van der Waals surface area (Å²) in [5.41, 5.74) is 1.58. The molecule has 1 unspecified atom stereocenters. The molecule has 0 radical (unpaired) electrons.